The molecule has 0 radical (unpaired) electrons. The van der Waals surface area contributed by atoms with E-state index < -0.39 is 5.97 Å². The number of carboxylic acid groups (broad SMARTS) is 1. The summed E-state index contributed by atoms with van der Waals surface area (Å²) in [5, 5.41) is 8.83. The Balaban J connectivity index is 3.28. The van der Waals surface area contributed by atoms with Crippen molar-refractivity contribution < 1.29 is 9.90 Å². The van der Waals surface area contributed by atoms with E-state index in [0.29, 0.717) is 5.56 Å². The molecule has 0 saturated carbocycles. The molecular formula is C8H9BrO2S. The molecule has 0 spiro atoms. The SMILES string of the molecule is CCc1sc(Br)c(C(=O)O)c1C. The molecule has 12 heavy (non-hydrogen) atoms. The van der Waals surface area contributed by atoms with E-state index in [9.17, 15) is 4.79 Å². The number of carbonyl (C=O) groups is 1. The van der Waals surface area contributed by atoms with Crippen molar-refractivity contribution >= 4 is 33.2 Å². The van der Waals surface area contributed by atoms with Gasteiger partial charge in [-0.1, -0.05) is 6.92 Å². The molecule has 66 valence electrons. The lowest BCUT2D eigenvalue weighted by molar-refractivity contribution is 0.0696. The van der Waals surface area contributed by atoms with Crippen LogP contribution in [-0.4, -0.2) is 11.1 Å². The van der Waals surface area contributed by atoms with Crippen LogP contribution in [0.4, 0.5) is 0 Å². The molecule has 0 saturated heterocycles. The molecule has 2 nitrogen and oxygen atoms in total. The topological polar surface area (TPSA) is 37.3 Å². The van der Waals surface area contributed by atoms with Crippen LogP contribution in [0.1, 0.15) is 27.7 Å². The molecule has 1 rings (SSSR count). The second kappa shape index (κ2) is 3.58. The number of aryl methyl sites for hydroxylation is 1. The van der Waals surface area contributed by atoms with E-state index in [1.165, 1.54) is 11.3 Å². The van der Waals surface area contributed by atoms with Crippen molar-refractivity contribution in [3.05, 3.63) is 19.8 Å². The van der Waals surface area contributed by atoms with Crippen LogP contribution >= 0.6 is 27.3 Å². The molecular weight excluding hydrogens is 240 g/mol. The third-order valence-electron chi connectivity index (χ3n) is 1.74. The molecule has 0 aromatic carbocycles. The molecule has 4 heteroatoms. The van der Waals surface area contributed by atoms with Gasteiger partial charge in [0.25, 0.3) is 0 Å². The van der Waals surface area contributed by atoms with Crippen molar-refractivity contribution in [3.8, 4) is 0 Å². The van der Waals surface area contributed by atoms with Crippen molar-refractivity contribution in [2.45, 2.75) is 20.3 Å². The fraction of sp³-hybridized carbons (Fsp3) is 0.375. The Bertz CT molecular complexity index is 317. The van der Waals surface area contributed by atoms with Gasteiger partial charge in [-0.3, -0.25) is 0 Å². The highest BCUT2D eigenvalue weighted by Gasteiger charge is 2.17. The molecule has 0 atom stereocenters. The second-order valence-corrected chi connectivity index (χ2v) is 4.88. The highest BCUT2D eigenvalue weighted by atomic mass is 79.9. The summed E-state index contributed by atoms with van der Waals surface area (Å²) in [7, 11) is 0. The monoisotopic (exact) mass is 248 g/mol. The Labute approximate surface area is 83.4 Å². The number of hydrogen-bond donors (Lipinski definition) is 1. The number of halogens is 1. The van der Waals surface area contributed by atoms with Gasteiger partial charge in [-0.15, -0.1) is 11.3 Å². The summed E-state index contributed by atoms with van der Waals surface area (Å²) in [6, 6.07) is 0. The van der Waals surface area contributed by atoms with E-state index in [0.717, 1.165) is 20.6 Å². The average Bonchev–Trinajstić information content (AvgIpc) is 2.25. The van der Waals surface area contributed by atoms with Gasteiger partial charge in [0.15, 0.2) is 0 Å². The molecule has 0 bridgehead atoms. The average molecular weight is 249 g/mol. The van der Waals surface area contributed by atoms with Gasteiger partial charge in [-0.25, -0.2) is 4.79 Å². The normalized spacial score (nSPS) is 10.2. The zero-order chi connectivity index (χ0) is 9.30. The summed E-state index contributed by atoms with van der Waals surface area (Å²) in [6.07, 6.45) is 0.891. The van der Waals surface area contributed by atoms with Crippen LogP contribution in [0.3, 0.4) is 0 Å². The predicted octanol–water partition coefficient (Wildman–Crippen LogP) is 3.08. The third kappa shape index (κ3) is 1.54. The fourth-order valence-electron chi connectivity index (χ4n) is 1.10. The number of carboxylic acids is 1. The Hall–Kier alpha value is -0.350. The van der Waals surface area contributed by atoms with E-state index in [4.69, 9.17) is 5.11 Å². The first kappa shape index (κ1) is 9.74. The molecule has 0 aliphatic rings. The molecule has 1 N–H and O–H groups in total. The van der Waals surface area contributed by atoms with Gasteiger partial charge in [-0.05, 0) is 34.8 Å². The zero-order valence-corrected chi connectivity index (χ0v) is 9.25. The summed E-state index contributed by atoms with van der Waals surface area (Å²) >= 11 is 4.75. The van der Waals surface area contributed by atoms with Crippen LogP contribution < -0.4 is 0 Å². The first-order chi connectivity index (χ1) is 5.57. The van der Waals surface area contributed by atoms with Crippen molar-refractivity contribution in [1.82, 2.24) is 0 Å². The van der Waals surface area contributed by atoms with E-state index in [1.54, 1.807) is 0 Å². The van der Waals surface area contributed by atoms with Crippen LogP contribution in [0.5, 0.6) is 0 Å². The predicted molar refractivity (Wildman–Crippen MR) is 53.1 cm³/mol. The standard InChI is InChI=1S/C8H9BrO2S/c1-3-5-4(2)6(8(10)11)7(9)12-5/h3H2,1-2H3,(H,10,11). The third-order valence-corrected chi connectivity index (χ3v) is 3.84. The van der Waals surface area contributed by atoms with Crippen molar-refractivity contribution in [1.29, 1.82) is 0 Å². The van der Waals surface area contributed by atoms with Crippen LogP contribution in [0.15, 0.2) is 3.79 Å². The Kier molecular flexibility index (Phi) is 2.90. The Morgan fingerprint density at radius 3 is 2.50 bits per heavy atom. The van der Waals surface area contributed by atoms with E-state index >= 15 is 0 Å². The highest BCUT2D eigenvalue weighted by molar-refractivity contribution is 9.11. The summed E-state index contributed by atoms with van der Waals surface area (Å²) < 4.78 is 0.726. The first-order valence-corrected chi connectivity index (χ1v) is 5.20. The van der Waals surface area contributed by atoms with E-state index in [-0.39, 0.29) is 0 Å². The highest BCUT2D eigenvalue weighted by Crippen LogP contribution is 2.32. The van der Waals surface area contributed by atoms with Crippen LogP contribution in [0, 0.1) is 6.92 Å². The van der Waals surface area contributed by atoms with Crippen molar-refractivity contribution in [2.24, 2.45) is 0 Å². The van der Waals surface area contributed by atoms with Gasteiger partial charge in [0, 0.05) is 4.88 Å². The zero-order valence-electron chi connectivity index (χ0n) is 6.85. The van der Waals surface area contributed by atoms with Gasteiger partial charge in [-0.2, -0.15) is 0 Å². The minimum absolute atomic E-state index is 0.414. The molecule has 0 aliphatic carbocycles. The lowest BCUT2D eigenvalue weighted by atomic mass is 10.1. The second-order valence-electron chi connectivity index (χ2n) is 2.46. The van der Waals surface area contributed by atoms with Crippen LogP contribution in [0.2, 0.25) is 0 Å². The van der Waals surface area contributed by atoms with Gasteiger partial charge < -0.3 is 5.11 Å². The summed E-state index contributed by atoms with van der Waals surface area (Å²) in [5.74, 6) is -0.852. The minimum atomic E-state index is -0.852. The van der Waals surface area contributed by atoms with Crippen molar-refractivity contribution in [3.63, 3.8) is 0 Å². The van der Waals surface area contributed by atoms with Crippen molar-refractivity contribution in [2.75, 3.05) is 0 Å². The maximum Gasteiger partial charge on any atom is 0.337 e. The molecule has 1 aromatic heterocycles. The Morgan fingerprint density at radius 1 is 1.67 bits per heavy atom. The summed E-state index contributed by atoms with van der Waals surface area (Å²) in [5.41, 5.74) is 1.30. The number of hydrogen-bond acceptors (Lipinski definition) is 2. The number of thiophene rings is 1. The molecule has 0 amide bonds. The van der Waals surface area contributed by atoms with Gasteiger partial charge >= 0.3 is 5.97 Å². The summed E-state index contributed by atoms with van der Waals surface area (Å²) in [6.45, 7) is 3.88. The molecule has 1 aromatic rings. The number of aromatic carboxylic acids is 1. The molecule has 0 fully saturated rings. The maximum absolute atomic E-state index is 10.7. The van der Waals surface area contributed by atoms with E-state index in [1.807, 2.05) is 13.8 Å². The quantitative estimate of drug-likeness (QED) is 0.874. The Morgan fingerprint density at radius 2 is 2.25 bits per heavy atom. The lowest BCUT2D eigenvalue weighted by Gasteiger charge is -1.94. The lowest BCUT2D eigenvalue weighted by Crippen LogP contribution is -1.97. The number of rotatable bonds is 2. The molecule has 1 heterocycles. The van der Waals surface area contributed by atoms with E-state index in [2.05, 4.69) is 15.9 Å². The van der Waals surface area contributed by atoms with Gasteiger partial charge in [0.1, 0.15) is 0 Å². The smallest absolute Gasteiger partial charge is 0.337 e. The first-order valence-electron chi connectivity index (χ1n) is 3.59. The largest absolute Gasteiger partial charge is 0.478 e. The van der Waals surface area contributed by atoms with Gasteiger partial charge in [0.05, 0.1) is 9.35 Å². The minimum Gasteiger partial charge on any atom is -0.478 e. The molecule has 0 aliphatic heterocycles. The van der Waals surface area contributed by atoms with Gasteiger partial charge in [0.2, 0.25) is 0 Å². The summed E-state index contributed by atoms with van der Waals surface area (Å²) in [4.78, 5) is 11.9. The van der Waals surface area contributed by atoms with Crippen LogP contribution in [0.25, 0.3) is 0 Å². The molecule has 0 unspecified atom stereocenters. The fourth-order valence-corrected chi connectivity index (χ4v) is 3.12. The van der Waals surface area contributed by atoms with Crippen LogP contribution in [-0.2, 0) is 6.42 Å². The maximum atomic E-state index is 10.7.